The minimum absolute atomic E-state index is 0.417. The van der Waals surface area contributed by atoms with Crippen molar-refractivity contribution in [3.8, 4) is 0 Å². The average molecular weight is 243 g/mol. The molecule has 0 aromatic heterocycles. The summed E-state index contributed by atoms with van der Waals surface area (Å²) in [6.07, 6.45) is 0.0998. The Morgan fingerprint density at radius 3 is 2.35 bits per heavy atom. The van der Waals surface area contributed by atoms with Gasteiger partial charge in [-0.1, -0.05) is 18.6 Å². The Labute approximate surface area is 99.0 Å². The Hall–Kier alpha value is -1.03. The number of alkyl halides is 3. The lowest BCUT2D eigenvalue weighted by molar-refractivity contribution is -0.137. The van der Waals surface area contributed by atoms with Gasteiger partial charge >= 0.3 is 6.18 Å². The quantitative estimate of drug-likeness (QED) is 0.839. The molecule has 1 atom stereocenters. The summed E-state index contributed by atoms with van der Waals surface area (Å²) in [7, 11) is 0. The van der Waals surface area contributed by atoms with Gasteiger partial charge in [0.05, 0.1) is 5.56 Å². The smallest absolute Gasteiger partial charge is 0.314 e. The van der Waals surface area contributed by atoms with Gasteiger partial charge in [0.15, 0.2) is 0 Å². The van der Waals surface area contributed by atoms with Gasteiger partial charge in [0, 0.05) is 6.04 Å². The molecule has 1 saturated heterocycles. The first-order valence-corrected chi connectivity index (χ1v) is 5.95. The highest BCUT2D eigenvalue weighted by Crippen LogP contribution is 2.29. The van der Waals surface area contributed by atoms with Gasteiger partial charge in [0.25, 0.3) is 0 Å². The molecule has 0 amide bonds. The third-order valence-corrected chi connectivity index (χ3v) is 3.18. The summed E-state index contributed by atoms with van der Waals surface area (Å²) in [6, 6.07) is 5.91. The second-order valence-electron chi connectivity index (χ2n) is 4.55. The van der Waals surface area contributed by atoms with Crippen LogP contribution >= 0.6 is 0 Å². The van der Waals surface area contributed by atoms with E-state index in [1.807, 2.05) is 0 Å². The third kappa shape index (κ3) is 3.46. The Morgan fingerprint density at radius 2 is 1.82 bits per heavy atom. The number of hydrogen-bond donors (Lipinski definition) is 1. The van der Waals surface area contributed by atoms with Crippen molar-refractivity contribution in [1.29, 1.82) is 0 Å². The first kappa shape index (κ1) is 12.4. The van der Waals surface area contributed by atoms with E-state index in [0.717, 1.165) is 37.1 Å². The molecule has 94 valence electrons. The van der Waals surface area contributed by atoms with Gasteiger partial charge in [-0.3, -0.25) is 0 Å². The average Bonchev–Trinajstić information content (AvgIpc) is 2.30. The second-order valence-corrected chi connectivity index (χ2v) is 4.55. The van der Waals surface area contributed by atoms with Crippen LogP contribution in [0.3, 0.4) is 0 Å². The van der Waals surface area contributed by atoms with Crippen molar-refractivity contribution in [3.05, 3.63) is 35.4 Å². The molecule has 1 aliphatic rings. The minimum Gasteiger partial charge on any atom is -0.314 e. The van der Waals surface area contributed by atoms with E-state index in [0.29, 0.717) is 6.04 Å². The molecule has 0 radical (unpaired) electrons. The lowest BCUT2D eigenvalue weighted by Crippen LogP contribution is -2.35. The number of halogens is 3. The monoisotopic (exact) mass is 243 g/mol. The fourth-order valence-corrected chi connectivity index (χ4v) is 2.21. The highest BCUT2D eigenvalue weighted by molar-refractivity contribution is 5.25. The van der Waals surface area contributed by atoms with Crippen molar-refractivity contribution in [2.24, 2.45) is 0 Å². The SMILES string of the molecule is FC(F)(F)c1ccc(CC2CCCCN2)cc1. The zero-order valence-electron chi connectivity index (χ0n) is 9.56. The molecule has 2 rings (SSSR count). The van der Waals surface area contributed by atoms with Crippen molar-refractivity contribution in [3.63, 3.8) is 0 Å². The first-order chi connectivity index (χ1) is 8.05. The van der Waals surface area contributed by atoms with Crippen molar-refractivity contribution in [2.75, 3.05) is 6.54 Å². The molecule has 1 aromatic rings. The van der Waals surface area contributed by atoms with Gasteiger partial charge in [0.1, 0.15) is 0 Å². The van der Waals surface area contributed by atoms with Gasteiger partial charge in [-0.25, -0.2) is 0 Å². The summed E-state index contributed by atoms with van der Waals surface area (Å²) >= 11 is 0. The molecule has 0 spiro atoms. The highest BCUT2D eigenvalue weighted by Gasteiger charge is 2.30. The molecule has 1 heterocycles. The van der Waals surface area contributed by atoms with Crippen LogP contribution < -0.4 is 5.32 Å². The minimum atomic E-state index is -4.23. The molecule has 1 nitrogen and oxygen atoms in total. The maximum absolute atomic E-state index is 12.4. The third-order valence-electron chi connectivity index (χ3n) is 3.18. The van der Waals surface area contributed by atoms with E-state index in [9.17, 15) is 13.2 Å². The van der Waals surface area contributed by atoms with Gasteiger partial charge in [0.2, 0.25) is 0 Å². The highest BCUT2D eigenvalue weighted by atomic mass is 19.4. The zero-order valence-corrected chi connectivity index (χ0v) is 9.56. The van der Waals surface area contributed by atoms with E-state index < -0.39 is 11.7 Å². The van der Waals surface area contributed by atoms with Crippen LogP contribution in [0.2, 0.25) is 0 Å². The van der Waals surface area contributed by atoms with E-state index in [2.05, 4.69) is 5.32 Å². The fraction of sp³-hybridized carbons (Fsp3) is 0.538. The summed E-state index contributed by atoms with van der Waals surface area (Å²) in [5, 5.41) is 3.39. The second kappa shape index (κ2) is 5.08. The summed E-state index contributed by atoms with van der Waals surface area (Å²) < 4.78 is 37.1. The van der Waals surface area contributed by atoms with Crippen LogP contribution in [-0.2, 0) is 12.6 Å². The summed E-state index contributed by atoms with van der Waals surface area (Å²) in [6.45, 7) is 1.02. The Bertz CT molecular complexity index is 350. The largest absolute Gasteiger partial charge is 0.416 e. The topological polar surface area (TPSA) is 12.0 Å². The maximum atomic E-state index is 12.4. The summed E-state index contributed by atoms with van der Waals surface area (Å²) in [4.78, 5) is 0. The van der Waals surface area contributed by atoms with E-state index in [1.54, 1.807) is 12.1 Å². The molecular formula is C13H16F3N. The van der Waals surface area contributed by atoms with E-state index in [4.69, 9.17) is 0 Å². The van der Waals surface area contributed by atoms with Crippen molar-refractivity contribution < 1.29 is 13.2 Å². The molecule has 0 saturated carbocycles. The lowest BCUT2D eigenvalue weighted by Gasteiger charge is -2.23. The van der Waals surface area contributed by atoms with Gasteiger partial charge in [-0.2, -0.15) is 13.2 Å². The van der Waals surface area contributed by atoms with Crippen LogP contribution in [0.25, 0.3) is 0 Å². The zero-order chi connectivity index (χ0) is 12.3. The Balaban J connectivity index is 1.98. The van der Waals surface area contributed by atoms with E-state index >= 15 is 0 Å². The molecule has 4 heteroatoms. The van der Waals surface area contributed by atoms with Crippen LogP contribution in [-0.4, -0.2) is 12.6 Å². The molecule has 1 fully saturated rings. The fourth-order valence-electron chi connectivity index (χ4n) is 2.21. The maximum Gasteiger partial charge on any atom is 0.416 e. The normalized spacial score (nSPS) is 21.5. The van der Waals surface area contributed by atoms with Crippen LogP contribution in [0.15, 0.2) is 24.3 Å². The lowest BCUT2D eigenvalue weighted by atomic mass is 9.97. The molecular weight excluding hydrogens is 227 g/mol. The van der Waals surface area contributed by atoms with Crippen LogP contribution in [0.4, 0.5) is 13.2 Å². The molecule has 1 unspecified atom stereocenters. The molecule has 17 heavy (non-hydrogen) atoms. The van der Waals surface area contributed by atoms with E-state index in [1.165, 1.54) is 12.8 Å². The molecule has 1 N–H and O–H groups in total. The van der Waals surface area contributed by atoms with Crippen molar-refractivity contribution in [1.82, 2.24) is 5.32 Å². The van der Waals surface area contributed by atoms with Gasteiger partial charge in [-0.05, 0) is 43.5 Å². The van der Waals surface area contributed by atoms with Gasteiger partial charge in [-0.15, -0.1) is 0 Å². The molecule has 0 bridgehead atoms. The molecule has 1 aromatic carbocycles. The molecule has 1 aliphatic heterocycles. The number of benzene rings is 1. The predicted octanol–water partition coefficient (Wildman–Crippen LogP) is 3.39. The van der Waals surface area contributed by atoms with E-state index in [-0.39, 0.29) is 0 Å². The number of nitrogens with one attached hydrogen (secondary N) is 1. The Morgan fingerprint density at radius 1 is 1.12 bits per heavy atom. The van der Waals surface area contributed by atoms with Gasteiger partial charge < -0.3 is 5.32 Å². The predicted molar refractivity (Wildman–Crippen MR) is 60.8 cm³/mol. The summed E-state index contributed by atoms with van der Waals surface area (Å²) in [5.74, 6) is 0. The standard InChI is InChI=1S/C13H16F3N/c14-13(15,16)11-6-4-10(5-7-11)9-12-3-1-2-8-17-12/h4-7,12,17H,1-3,8-9H2. The number of piperidine rings is 1. The van der Waals surface area contributed by atoms with Crippen LogP contribution in [0.5, 0.6) is 0 Å². The Kier molecular flexibility index (Phi) is 3.72. The van der Waals surface area contributed by atoms with Crippen molar-refractivity contribution >= 4 is 0 Å². The molecule has 0 aliphatic carbocycles. The van der Waals surface area contributed by atoms with Crippen molar-refractivity contribution in [2.45, 2.75) is 37.9 Å². The summed E-state index contributed by atoms with van der Waals surface area (Å²) in [5.41, 5.74) is 0.398. The first-order valence-electron chi connectivity index (χ1n) is 5.95. The van der Waals surface area contributed by atoms with Crippen LogP contribution in [0.1, 0.15) is 30.4 Å². The van der Waals surface area contributed by atoms with Crippen LogP contribution in [0, 0.1) is 0 Å². The number of rotatable bonds is 2. The number of hydrogen-bond acceptors (Lipinski definition) is 1.